The van der Waals surface area contributed by atoms with Crippen LogP contribution in [0.25, 0.3) is 0 Å². The van der Waals surface area contributed by atoms with E-state index in [1.165, 1.54) is 0 Å². The van der Waals surface area contributed by atoms with Crippen LogP contribution in [0.3, 0.4) is 0 Å². The molecular formula is C17H24N2O3. The maximum Gasteiger partial charge on any atom is 0.234 e. The topological polar surface area (TPSA) is 58.6 Å². The first-order chi connectivity index (χ1) is 10.5. The summed E-state index contributed by atoms with van der Waals surface area (Å²) in [6.07, 6.45) is 3.28. The van der Waals surface area contributed by atoms with Gasteiger partial charge < -0.3 is 14.2 Å². The summed E-state index contributed by atoms with van der Waals surface area (Å²) in [7, 11) is 0. The van der Waals surface area contributed by atoms with Crippen LogP contribution in [0, 0.1) is 5.92 Å². The Labute approximate surface area is 131 Å². The maximum absolute atomic E-state index is 12.2. The molecular weight excluding hydrogens is 280 g/mol. The maximum atomic E-state index is 12.2. The predicted molar refractivity (Wildman–Crippen MR) is 84.0 cm³/mol. The molecule has 0 bridgehead atoms. The highest BCUT2D eigenvalue weighted by atomic mass is 16.3. The molecule has 1 amide bonds. The largest absolute Gasteiger partial charge is 0.468 e. The molecule has 1 atom stereocenters. The number of nitrogens with one attached hydrogen (secondary N) is 1. The molecule has 0 aliphatic carbocycles. The lowest BCUT2D eigenvalue weighted by atomic mass is 10.1. The third-order valence-corrected chi connectivity index (χ3v) is 3.67. The van der Waals surface area contributed by atoms with Gasteiger partial charge in [0.25, 0.3) is 0 Å². The van der Waals surface area contributed by atoms with Crippen molar-refractivity contribution >= 4 is 5.91 Å². The predicted octanol–water partition coefficient (Wildman–Crippen LogP) is 3.04. The number of nitrogens with zero attached hydrogens (tertiary/aromatic N) is 1. The van der Waals surface area contributed by atoms with Gasteiger partial charge >= 0.3 is 0 Å². The summed E-state index contributed by atoms with van der Waals surface area (Å²) in [5.74, 6) is 2.08. The normalized spacial score (nSPS) is 12.8. The average molecular weight is 304 g/mol. The van der Waals surface area contributed by atoms with E-state index in [-0.39, 0.29) is 11.9 Å². The number of carbonyl (C=O) groups is 1. The molecule has 2 heterocycles. The van der Waals surface area contributed by atoms with Crippen molar-refractivity contribution in [1.82, 2.24) is 10.2 Å². The second kappa shape index (κ2) is 7.84. The molecule has 1 N–H and O–H groups in total. The van der Waals surface area contributed by atoms with Crippen molar-refractivity contribution in [2.75, 3.05) is 6.54 Å². The third-order valence-electron chi connectivity index (χ3n) is 3.67. The van der Waals surface area contributed by atoms with Crippen molar-refractivity contribution < 1.29 is 13.6 Å². The summed E-state index contributed by atoms with van der Waals surface area (Å²) in [5, 5.41) is 3.03. The highest BCUT2D eigenvalue weighted by molar-refractivity contribution is 5.78. The SMILES string of the molecule is CC(C)C(C)NC(=O)CN(Cc1ccco1)Cc1ccco1. The molecule has 0 aliphatic rings. The van der Waals surface area contributed by atoms with Gasteiger partial charge in [-0.15, -0.1) is 0 Å². The van der Waals surface area contributed by atoms with E-state index in [4.69, 9.17) is 8.83 Å². The molecule has 0 radical (unpaired) electrons. The second-order valence-electron chi connectivity index (χ2n) is 5.90. The lowest BCUT2D eigenvalue weighted by Crippen LogP contribution is -2.42. The molecule has 5 nitrogen and oxygen atoms in total. The van der Waals surface area contributed by atoms with Gasteiger partial charge in [0.2, 0.25) is 5.91 Å². The quantitative estimate of drug-likeness (QED) is 0.814. The van der Waals surface area contributed by atoms with Gasteiger partial charge in [0.05, 0.1) is 32.2 Å². The lowest BCUT2D eigenvalue weighted by Gasteiger charge is -2.22. The summed E-state index contributed by atoms with van der Waals surface area (Å²) >= 11 is 0. The Morgan fingerprint density at radius 1 is 1.09 bits per heavy atom. The van der Waals surface area contributed by atoms with Gasteiger partial charge in [-0.3, -0.25) is 9.69 Å². The van der Waals surface area contributed by atoms with Crippen LogP contribution in [0.5, 0.6) is 0 Å². The zero-order valence-corrected chi connectivity index (χ0v) is 13.4. The van der Waals surface area contributed by atoms with Gasteiger partial charge in [-0.2, -0.15) is 0 Å². The number of furan rings is 2. The summed E-state index contributed by atoms with van der Waals surface area (Å²) in [4.78, 5) is 14.2. The monoisotopic (exact) mass is 304 g/mol. The first kappa shape index (κ1) is 16.4. The average Bonchev–Trinajstić information content (AvgIpc) is 3.11. The summed E-state index contributed by atoms with van der Waals surface area (Å²) in [6, 6.07) is 7.66. The van der Waals surface area contributed by atoms with Crippen molar-refractivity contribution in [3.8, 4) is 0 Å². The Morgan fingerprint density at radius 3 is 2.05 bits per heavy atom. The van der Waals surface area contributed by atoms with E-state index in [1.54, 1.807) is 12.5 Å². The van der Waals surface area contributed by atoms with E-state index in [2.05, 4.69) is 19.2 Å². The minimum absolute atomic E-state index is 0.0133. The molecule has 0 fully saturated rings. The molecule has 2 aromatic rings. The number of carbonyl (C=O) groups excluding carboxylic acids is 1. The Balaban J connectivity index is 1.96. The van der Waals surface area contributed by atoms with Gasteiger partial charge in [-0.1, -0.05) is 13.8 Å². The van der Waals surface area contributed by atoms with E-state index < -0.39 is 0 Å². The van der Waals surface area contributed by atoms with Crippen molar-refractivity contribution in [2.45, 2.75) is 39.9 Å². The molecule has 0 aromatic carbocycles. The Morgan fingerprint density at radius 2 is 1.64 bits per heavy atom. The van der Waals surface area contributed by atoms with E-state index in [1.807, 2.05) is 36.1 Å². The van der Waals surface area contributed by atoms with E-state index in [0.717, 1.165) is 11.5 Å². The van der Waals surface area contributed by atoms with Gasteiger partial charge in [-0.25, -0.2) is 0 Å². The van der Waals surface area contributed by atoms with Crippen molar-refractivity contribution in [2.24, 2.45) is 5.92 Å². The Hall–Kier alpha value is -2.01. The third kappa shape index (κ3) is 5.07. The fourth-order valence-corrected chi connectivity index (χ4v) is 2.08. The minimum atomic E-state index is 0.0133. The van der Waals surface area contributed by atoms with Crippen LogP contribution in [0.1, 0.15) is 32.3 Å². The van der Waals surface area contributed by atoms with Crippen LogP contribution >= 0.6 is 0 Å². The lowest BCUT2D eigenvalue weighted by molar-refractivity contribution is -0.123. The first-order valence-electron chi connectivity index (χ1n) is 7.61. The van der Waals surface area contributed by atoms with Crippen LogP contribution in [0.4, 0.5) is 0 Å². The molecule has 2 rings (SSSR count). The molecule has 120 valence electrons. The molecule has 0 saturated heterocycles. The van der Waals surface area contributed by atoms with Gasteiger partial charge in [-0.05, 0) is 37.1 Å². The van der Waals surface area contributed by atoms with E-state index in [9.17, 15) is 4.79 Å². The smallest absolute Gasteiger partial charge is 0.234 e. The Bertz CT molecular complexity index is 510. The second-order valence-corrected chi connectivity index (χ2v) is 5.90. The van der Waals surface area contributed by atoms with Gasteiger partial charge in [0.15, 0.2) is 0 Å². The van der Waals surface area contributed by atoms with Crippen LogP contribution in [0.2, 0.25) is 0 Å². The summed E-state index contributed by atoms with van der Waals surface area (Å²) in [5.41, 5.74) is 0. The molecule has 0 spiro atoms. The fraction of sp³-hybridized carbons (Fsp3) is 0.471. The molecule has 1 unspecified atom stereocenters. The number of hydrogen-bond donors (Lipinski definition) is 1. The number of hydrogen-bond acceptors (Lipinski definition) is 4. The Kier molecular flexibility index (Phi) is 5.83. The molecule has 22 heavy (non-hydrogen) atoms. The molecule has 0 aliphatic heterocycles. The summed E-state index contributed by atoms with van der Waals surface area (Å²) in [6.45, 7) is 7.64. The highest BCUT2D eigenvalue weighted by Crippen LogP contribution is 2.11. The van der Waals surface area contributed by atoms with Gasteiger partial charge in [0, 0.05) is 6.04 Å². The summed E-state index contributed by atoms with van der Waals surface area (Å²) < 4.78 is 10.8. The molecule has 0 saturated carbocycles. The van der Waals surface area contributed by atoms with Crippen LogP contribution in [-0.2, 0) is 17.9 Å². The number of rotatable bonds is 8. The van der Waals surface area contributed by atoms with Gasteiger partial charge in [0.1, 0.15) is 11.5 Å². The zero-order chi connectivity index (χ0) is 15.9. The van der Waals surface area contributed by atoms with Crippen LogP contribution < -0.4 is 5.32 Å². The van der Waals surface area contributed by atoms with E-state index >= 15 is 0 Å². The van der Waals surface area contributed by atoms with Crippen LogP contribution in [0.15, 0.2) is 45.6 Å². The molecule has 2 aromatic heterocycles. The first-order valence-corrected chi connectivity index (χ1v) is 7.61. The van der Waals surface area contributed by atoms with Crippen LogP contribution in [-0.4, -0.2) is 23.4 Å². The highest BCUT2D eigenvalue weighted by Gasteiger charge is 2.17. The molecule has 5 heteroatoms. The van der Waals surface area contributed by atoms with Crippen molar-refractivity contribution in [3.05, 3.63) is 48.3 Å². The fourth-order valence-electron chi connectivity index (χ4n) is 2.08. The minimum Gasteiger partial charge on any atom is -0.468 e. The standard InChI is InChI=1S/C17H24N2O3/c1-13(2)14(3)18-17(20)12-19(10-15-6-4-8-21-15)11-16-7-5-9-22-16/h4-9,13-14H,10-12H2,1-3H3,(H,18,20). The van der Waals surface area contributed by atoms with Crippen molar-refractivity contribution in [3.63, 3.8) is 0 Å². The van der Waals surface area contributed by atoms with E-state index in [0.29, 0.717) is 25.6 Å². The van der Waals surface area contributed by atoms with Crippen molar-refractivity contribution in [1.29, 1.82) is 0 Å². The number of amides is 1. The zero-order valence-electron chi connectivity index (χ0n) is 13.4.